The number of benzene rings is 2. The van der Waals surface area contributed by atoms with Gasteiger partial charge in [0.2, 0.25) is 5.78 Å². The van der Waals surface area contributed by atoms with E-state index in [4.69, 9.17) is 37.9 Å². The lowest BCUT2D eigenvalue weighted by atomic mass is 9.67. The number of nitrogens with zero attached hydrogens (tertiary/aromatic N) is 1. The number of hydrogen-bond acceptors (Lipinski definition) is 17. The molecule has 2 aromatic carbocycles. The Morgan fingerprint density at radius 3 is 2.25 bits per heavy atom. The summed E-state index contributed by atoms with van der Waals surface area (Å²) in [6, 6.07) is 2.92. The molecular weight excluding hydrogens is 774 g/mol. The smallest absolute Gasteiger partial charge is 0.316 e. The van der Waals surface area contributed by atoms with Crippen LogP contribution in [0.3, 0.4) is 0 Å². The molecule has 1 unspecified atom stereocenters. The van der Waals surface area contributed by atoms with E-state index < -0.39 is 125 Å². The molecule has 59 heavy (non-hydrogen) atoms. The molecular formula is C42H51NO16. The van der Waals surface area contributed by atoms with E-state index in [1.54, 1.807) is 13.8 Å². The zero-order valence-electron chi connectivity index (χ0n) is 33.9. The van der Waals surface area contributed by atoms with Gasteiger partial charge in [0.1, 0.15) is 47.6 Å². The maximum Gasteiger partial charge on any atom is 0.316 e. The molecule has 0 amide bonds. The van der Waals surface area contributed by atoms with Crippen molar-refractivity contribution in [1.82, 2.24) is 4.90 Å². The summed E-state index contributed by atoms with van der Waals surface area (Å²) in [5.41, 5.74) is -3.15. The number of hydrogen-bond donors (Lipinski definition) is 4. The predicted octanol–water partition coefficient (Wildman–Crippen LogP) is 2.88. The van der Waals surface area contributed by atoms with E-state index in [0.29, 0.717) is 6.42 Å². The van der Waals surface area contributed by atoms with Crippen molar-refractivity contribution in [2.45, 2.75) is 145 Å². The third-order valence-corrected chi connectivity index (χ3v) is 12.9. The molecule has 0 saturated carbocycles. The standard InChI is InChI=1S/C42H51NO16/c1-8-42(51)15-28(32-20(34(42)40(50)52-7)11-22-33(37(32)49)36(48)31-21(35(22)47)9-19(44)10-25(31)46)57-29-12-23(43(5)6)38(17(3)53-29)58-30-14-26-39(18(4)54-30)59-41-27(56-26)13-24(45)16(2)55-41/h9-11,16-18,23,26-30,34,38-39,41,44,46,49,51H,8,12-15H2,1-7H3/t16?,17-,18-,23-,26-,27-,28-,29-,30-,34-,38+,39+,41-,42+/m0/s1. The first-order valence-corrected chi connectivity index (χ1v) is 20.1. The second-order valence-corrected chi connectivity index (χ2v) is 16.7. The number of Topliss-reactive ketones (excluding diaryl/α,β-unsaturated/α-hetero) is 1. The number of ketones is 3. The van der Waals surface area contributed by atoms with Crippen LogP contribution in [-0.2, 0) is 47.5 Å². The van der Waals surface area contributed by atoms with Crippen LogP contribution in [0.1, 0.15) is 115 Å². The SMILES string of the molecule is CC[C@@]1(O)C[C@H](O[C@H]2C[C@H](N(C)C)[C@H](O[C@H]3C[C@@H]4O[C@H]5CC(=O)C(C)O[C@H]5O[C@@H]4[C@H](C)O3)[C@H](C)O2)c2c(cc3c(c2O)C(=O)c2c(O)cc(O)cc2C3=O)[C@H]1C(=O)OC. The van der Waals surface area contributed by atoms with E-state index in [0.717, 1.165) is 19.2 Å². The summed E-state index contributed by atoms with van der Waals surface area (Å²) in [4.78, 5) is 55.6. The van der Waals surface area contributed by atoms with Crippen molar-refractivity contribution in [3.63, 3.8) is 0 Å². The molecule has 4 fully saturated rings. The molecule has 17 nitrogen and oxygen atoms in total. The highest BCUT2D eigenvalue weighted by Gasteiger charge is 2.54. The number of aromatic hydroxyl groups is 3. The lowest BCUT2D eigenvalue weighted by molar-refractivity contribution is -0.371. The van der Waals surface area contributed by atoms with Gasteiger partial charge in [0.25, 0.3) is 0 Å². The third-order valence-electron chi connectivity index (χ3n) is 12.9. The van der Waals surface area contributed by atoms with Gasteiger partial charge in [-0.3, -0.25) is 19.2 Å². The third kappa shape index (κ3) is 7.03. The van der Waals surface area contributed by atoms with Gasteiger partial charge >= 0.3 is 5.97 Å². The van der Waals surface area contributed by atoms with Crippen LogP contribution in [0.5, 0.6) is 17.2 Å². The van der Waals surface area contributed by atoms with E-state index in [9.17, 15) is 39.6 Å². The molecule has 14 atom stereocenters. The van der Waals surface area contributed by atoms with Crippen LogP contribution in [-0.4, -0.2) is 143 Å². The van der Waals surface area contributed by atoms with Gasteiger partial charge < -0.3 is 63.2 Å². The minimum absolute atomic E-state index is 0.00761. The highest BCUT2D eigenvalue weighted by atomic mass is 16.8. The summed E-state index contributed by atoms with van der Waals surface area (Å²) in [5.74, 6) is -5.70. The van der Waals surface area contributed by atoms with E-state index in [1.807, 2.05) is 32.8 Å². The fourth-order valence-corrected chi connectivity index (χ4v) is 9.77. The quantitative estimate of drug-likeness (QED) is 0.251. The molecule has 17 heteroatoms. The molecule has 8 rings (SSSR count). The topological polar surface area (TPSA) is 226 Å². The summed E-state index contributed by atoms with van der Waals surface area (Å²) >= 11 is 0. The van der Waals surface area contributed by atoms with Gasteiger partial charge in [-0.05, 0) is 59.0 Å². The number of aliphatic hydroxyl groups is 1. The van der Waals surface area contributed by atoms with Gasteiger partial charge in [0.15, 0.2) is 30.4 Å². The molecule has 4 saturated heterocycles. The van der Waals surface area contributed by atoms with Crippen molar-refractivity contribution in [3.05, 3.63) is 51.6 Å². The minimum Gasteiger partial charge on any atom is -0.508 e. The van der Waals surface area contributed by atoms with Gasteiger partial charge in [-0.15, -0.1) is 0 Å². The van der Waals surface area contributed by atoms with Crippen molar-refractivity contribution in [2.75, 3.05) is 21.2 Å². The highest BCUT2D eigenvalue weighted by Crippen LogP contribution is 2.54. The van der Waals surface area contributed by atoms with Crippen LogP contribution in [0.2, 0.25) is 0 Å². The Kier molecular flexibility index (Phi) is 10.9. The summed E-state index contributed by atoms with van der Waals surface area (Å²) in [6.45, 7) is 7.07. The van der Waals surface area contributed by atoms with Crippen molar-refractivity contribution in [2.24, 2.45) is 0 Å². The van der Waals surface area contributed by atoms with Crippen LogP contribution in [0, 0.1) is 0 Å². The molecule has 320 valence electrons. The molecule has 0 bridgehead atoms. The number of phenolic OH excluding ortho intramolecular Hbond substituents is 3. The number of likely N-dealkylation sites (N-methyl/N-ethyl adjacent to an activating group) is 1. The normalized spacial score (nSPS) is 37.8. The van der Waals surface area contributed by atoms with Crippen molar-refractivity contribution >= 4 is 23.3 Å². The summed E-state index contributed by atoms with van der Waals surface area (Å²) in [6.07, 6.45) is -6.43. The highest BCUT2D eigenvalue weighted by molar-refractivity contribution is 6.30. The lowest BCUT2D eigenvalue weighted by Gasteiger charge is -2.51. The van der Waals surface area contributed by atoms with Crippen molar-refractivity contribution in [1.29, 1.82) is 0 Å². The van der Waals surface area contributed by atoms with E-state index in [-0.39, 0.29) is 59.8 Å². The first-order valence-electron chi connectivity index (χ1n) is 20.1. The Labute approximate surface area is 340 Å². The van der Waals surface area contributed by atoms with Gasteiger partial charge in [-0.2, -0.15) is 0 Å². The van der Waals surface area contributed by atoms with Crippen LogP contribution in [0.4, 0.5) is 0 Å². The van der Waals surface area contributed by atoms with Crippen LogP contribution in [0.15, 0.2) is 18.2 Å². The average Bonchev–Trinajstić information content (AvgIpc) is 3.17. The Morgan fingerprint density at radius 1 is 0.864 bits per heavy atom. The number of ether oxygens (including phenoxy) is 8. The number of methoxy groups -OCH3 is 1. The maximum absolute atomic E-state index is 14.0. The van der Waals surface area contributed by atoms with Crippen LogP contribution < -0.4 is 0 Å². The minimum atomic E-state index is -1.79. The van der Waals surface area contributed by atoms with Crippen molar-refractivity contribution < 1.29 is 77.5 Å². The van der Waals surface area contributed by atoms with Gasteiger partial charge in [-0.25, -0.2) is 0 Å². The second-order valence-electron chi connectivity index (χ2n) is 16.7. The largest absolute Gasteiger partial charge is 0.508 e. The Hall–Kier alpha value is -4.04. The molecule has 4 heterocycles. The zero-order chi connectivity index (χ0) is 42.4. The number of esters is 1. The second kappa shape index (κ2) is 15.5. The molecule has 6 aliphatic rings. The van der Waals surface area contributed by atoms with Gasteiger partial charge in [0.05, 0.1) is 48.3 Å². The lowest BCUT2D eigenvalue weighted by Crippen LogP contribution is -2.62. The molecule has 4 aliphatic heterocycles. The Balaban J connectivity index is 1.07. The Bertz CT molecular complexity index is 2050. The van der Waals surface area contributed by atoms with E-state index >= 15 is 0 Å². The number of rotatable bonds is 7. The number of carbonyl (C=O) groups excluding carboxylic acids is 4. The van der Waals surface area contributed by atoms with E-state index in [1.165, 1.54) is 6.07 Å². The first kappa shape index (κ1) is 41.7. The van der Waals surface area contributed by atoms with Crippen LogP contribution in [0.25, 0.3) is 0 Å². The summed E-state index contributed by atoms with van der Waals surface area (Å²) < 4.78 is 49.5. The number of carbonyl (C=O) groups is 4. The molecule has 0 spiro atoms. The molecule has 0 aromatic heterocycles. The Morgan fingerprint density at radius 2 is 1.56 bits per heavy atom. The number of phenols is 3. The van der Waals surface area contributed by atoms with Crippen molar-refractivity contribution in [3.8, 4) is 17.2 Å². The molecule has 0 radical (unpaired) electrons. The fourth-order valence-electron chi connectivity index (χ4n) is 9.77. The summed E-state index contributed by atoms with van der Waals surface area (Å²) in [7, 11) is 4.93. The number of fused-ring (bicyclic) bond motifs is 5. The molecule has 4 N–H and O–H groups in total. The monoisotopic (exact) mass is 825 g/mol. The predicted molar refractivity (Wildman–Crippen MR) is 201 cm³/mol. The van der Waals surface area contributed by atoms with Gasteiger partial charge in [-0.1, -0.05) is 6.92 Å². The first-order chi connectivity index (χ1) is 27.9. The van der Waals surface area contributed by atoms with Gasteiger partial charge in [0, 0.05) is 54.5 Å². The van der Waals surface area contributed by atoms with E-state index in [2.05, 4.69) is 0 Å². The summed E-state index contributed by atoms with van der Waals surface area (Å²) in [5, 5.41) is 44.9. The molecule has 2 aromatic rings. The zero-order valence-corrected chi connectivity index (χ0v) is 33.9. The average molecular weight is 826 g/mol. The fraction of sp³-hybridized carbons (Fsp3) is 0.619. The van der Waals surface area contributed by atoms with Crippen LogP contribution >= 0.6 is 0 Å². The molecule has 2 aliphatic carbocycles. The maximum atomic E-state index is 14.0.